The number of benzene rings is 1. The van der Waals surface area contributed by atoms with Gasteiger partial charge in [0.05, 0.1) is 21.6 Å². The molecule has 1 aromatic carbocycles. The van der Waals surface area contributed by atoms with Crippen LogP contribution in [0.1, 0.15) is 58.2 Å². The molecule has 38 heavy (non-hydrogen) atoms. The first kappa shape index (κ1) is 30.0. The first-order valence-corrected chi connectivity index (χ1v) is 13.9. The lowest BCUT2D eigenvalue weighted by atomic mass is 9.78. The molecular weight excluding hydrogens is 549 g/mol. The van der Waals surface area contributed by atoms with E-state index in [0.29, 0.717) is 28.4 Å². The highest BCUT2D eigenvalue weighted by atomic mass is 35.5. The normalized spacial score (nSPS) is 20.1. The number of carbonyl (C=O) groups is 3. The molecule has 1 heterocycles. The Hall–Kier alpha value is -2.56. The van der Waals surface area contributed by atoms with Gasteiger partial charge in [-0.3, -0.25) is 9.59 Å². The summed E-state index contributed by atoms with van der Waals surface area (Å²) < 4.78 is 0. The fourth-order valence-corrected chi connectivity index (χ4v) is 5.82. The van der Waals surface area contributed by atoms with Crippen LogP contribution in [0.15, 0.2) is 12.1 Å². The molecule has 0 saturated carbocycles. The minimum atomic E-state index is -1.39. The van der Waals surface area contributed by atoms with E-state index in [1.54, 1.807) is 19.1 Å². The van der Waals surface area contributed by atoms with Gasteiger partial charge in [0.15, 0.2) is 0 Å². The molecule has 1 aromatic heterocycles. The minimum absolute atomic E-state index is 0.0319. The summed E-state index contributed by atoms with van der Waals surface area (Å²) in [5.74, 6) is -1.35. The SMILES string of the molecule is CCC(C)C(NC(=O)O)C(=O)N[C@]1(C(=O)N[C@H](C(N)=S)C(C)CC)CCc2[nH]c3c(Cl)cc(Cl)cc3c2C1. The first-order chi connectivity index (χ1) is 17.8. The molecule has 1 aliphatic carbocycles. The van der Waals surface area contributed by atoms with E-state index in [9.17, 15) is 19.5 Å². The Kier molecular flexibility index (Phi) is 9.54. The Morgan fingerprint density at radius 2 is 1.76 bits per heavy atom. The average molecular weight is 585 g/mol. The molecule has 1 aliphatic rings. The topological polar surface area (TPSA) is 149 Å². The zero-order valence-corrected chi connectivity index (χ0v) is 24.2. The Labute approximate surface area is 237 Å². The number of halogens is 2. The third-order valence-electron chi connectivity index (χ3n) is 7.68. The maximum atomic E-state index is 14.0. The van der Waals surface area contributed by atoms with Crippen molar-refractivity contribution in [2.45, 2.75) is 77.4 Å². The van der Waals surface area contributed by atoms with Gasteiger partial charge < -0.3 is 31.8 Å². The molecule has 0 bridgehead atoms. The molecule has 0 radical (unpaired) electrons. The van der Waals surface area contributed by atoms with E-state index < -0.39 is 35.5 Å². The maximum absolute atomic E-state index is 14.0. The van der Waals surface area contributed by atoms with Gasteiger partial charge in [-0.15, -0.1) is 0 Å². The average Bonchev–Trinajstić information content (AvgIpc) is 3.22. The van der Waals surface area contributed by atoms with E-state index in [-0.39, 0.29) is 29.7 Å². The molecule has 7 N–H and O–H groups in total. The number of thiocarbonyl (C=S) groups is 1. The van der Waals surface area contributed by atoms with Crippen LogP contribution in [-0.4, -0.2) is 50.6 Å². The van der Waals surface area contributed by atoms with Crippen LogP contribution in [-0.2, 0) is 22.4 Å². The summed E-state index contributed by atoms with van der Waals surface area (Å²) in [4.78, 5) is 42.6. The van der Waals surface area contributed by atoms with Crippen molar-refractivity contribution in [2.75, 3.05) is 0 Å². The predicted molar refractivity (Wildman–Crippen MR) is 154 cm³/mol. The van der Waals surface area contributed by atoms with Crippen molar-refractivity contribution < 1.29 is 19.5 Å². The lowest BCUT2D eigenvalue weighted by molar-refractivity contribution is -0.136. The highest BCUT2D eigenvalue weighted by molar-refractivity contribution is 7.80. The van der Waals surface area contributed by atoms with Gasteiger partial charge in [-0.1, -0.05) is 76.0 Å². The van der Waals surface area contributed by atoms with E-state index in [1.807, 2.05) is 20.8 Å². The van der Waals surface area contributed by atoms with Crippen LogP contribution in [0.2, 0.25) is 10.0 Å². The number of nitrogens with one attached hydrogen (secondary N) is 4. The van der Waals surface area contributed by atoms with Crippen molar-refractivity contribution in [2.24, 2.45) is 17.6 Å². The number of carbonyl (C=O) groups excluding carboxylic acids is 2. The van der Waals surface area contributed by atoms with E-state index in [2.05, 4.69) is 20.9 Å². The van der Waals surface area contributed by atoms with Crippen molar-refractivity contribution in [3.8, 4) is 0 Å². The molecule has 2 aromatic rings. The molecule has 0 fully saturated rings. The molecule has 208 valence electrons. The van der Waals surface area contributed by atoms with Crippen LogP contribution in [0.4, 0.5) is 4.79 Å². The largest absolute Gasteiger partial charge is 0.465 e. The van der Waals surface area contributed by atoms with Gasteiger partial charge in [-0.05, 0) is 42.4 Å². The van der Waals surface area contributed by atoms with Gasteiger partial charge in [0.1, 0.15) is 11.6 Å². The number of rotatable bonds is 10. The van der Waals surface area contributed by atoms with Crippen molar-refractivity contribution in [1.29, 1.82) is 0 Å². The maximum Gasteiger partial charge on any atom is 0.405 e. The lowest BCUT2D eigenvalue weighted by Crippen LogP contribution is -2.67. The second kappa shape index (κ2) is 12.1. The summed E-state index contributed by atoms with van der Waals surface area (Å²) in [7, 11) is 0. The number of carboxylic acid groups (broad SMARTS) is 1. The van der Waals surface area contributed by atoms with Crippen molar-refractivity contribution in [3.05, 3.63) is 33.4 Å². The molecule has 0 spiro atoms. The molecular formula is C26H35Cl2N5O4S. The lowest BCUT2D eigenvalue weighted by Gasteiger charge is -2.39. The molecule has 3 unspecified atom stereocenters. The van der Waals surface area contributed by atoms with Crippen LogP contribution < -0.4 is 21.7 Å². The quantitative estimate of drug-likeness (QED) is 0.229. The second-order valence-electron chi connectivity index (χ2n) is 10.2. The van der Waals surface area contributed by atoms with Gasteiger partial charge in [0.2, 0.25) is 11.8 Å². The standard InChI is InChI=1S/C26H35Cl2N5O4S/c1-5-12(3)19(22(29)38)31-24(35)26(33-23(34)20(13(4)6-2)32-25(36)37)8-7-18-16(11-26)15-9-14(27)10-17(28)21(15)30-18/h9-10,12-13,19-20,30,32H,5-8,11H2,1-4H3,(H2,29,38)(H,31,35)(H,33,34)(H,36,37)/t12?,13?,19-,20?,26+/m0/s1. The first-order valence-electron chi connectivity index (χ1n) is 12.7. The van der Waals surface area contributed by atoms with Crippen molar-refractivity contribution >= 4 is 69.2 Å². The zero-order chi connectivity index (χ0) is 28.4. The van der Waals surface area contributed by atoms with Crippen molar-refractivity contribution in [1.82, 2.24) is 20.9 Å². The number of nitrogens with two attached hydrogens (primary N) is 1. The Morgan fingerprint density at radius 3 is 2.34 bits per heavy atom. The summed E-state index contributed by atoms with van der Waals surface area (Å²) in [5.41, 5.74) is 7.01. The highest BCUT2D eigenvalue weighted by Crippen LogP contribution is 2.38. The predicted octanol–water partition coefficient (Wildman–Crippen LogP) is 4.32. The van der Waals surface area contributed by atoms with Gasteiger partial charge >= 0.3 is 6.09 Å². The number of fused-ring (bicyclic) bond motifs is 3. The number of aryl methyl sites for hydroxylation is 1. The zero-order valence-electron chi connectivity index (χ0n) is 21.9. The summed E-state index contributed by atoms with van der Waals surface area (Å²) >= 11 is 18.0. The van der Waals surface area contributed by atoms with Crippen LogP contribution in [0, 0.1) is 11.8 Å². The Bertz CT molecular complexity index is 1250. The van der Waals surface area contributed by atoms with Gasteiger partial charge in [-0.25, -0.2) is 4.79 Å². The van der Waals surface area contributed by atoms with E-state index in [1.165, 1.54) is 0 Å². The van der Waals surface area contributed by atoms with E-state index in [0.717, 1.165) is 23.1 Å². The summed E-state index contributed by atoms with van der Waals surface area (Å²) in [6.45, 7) is 7.55. The smallest absolute Gasteiger partial charge is 0.405 e. The second-order valence-corrected chi connectivity index (χ2v) is 11.5. The van der Waals surface area contributed by atoms with E-state index in [4.69, 9.17) is 41.2 Å². The van der Waals surface area contributed by atoms with Crippen LogP contribution in [0.5, 0.6) is 0 Å². The minimum Gasteiger partial charge on any atom is -0.465 e. The van der Waals surface area contributed by atoms with Crippen LogP contribution in [0.3, 0.4) is 0 Å². The molecule has 12 heteroatoms. The monoisotopic (exact) mass is 583 g/mol. The van der Waals surface area contributed by atoms with E-state index >= 15 is 0 Å². The van der Waals surface area contributed by atoms with Crippen LogP contribution >= 0.6 is 35.4 Å². The number of aromatic amines is 1. The molecule has 3 rings (SSSR count). The highest BCUT2D eigenvalue weighted by Gasteiger charge is 2.46. The Balaban J connectivity index is 2.08. The van der Waals surface area contributed by atoms with Crippen molar-refractivity contribution in [3.63, 3.8) is 0 Å². The van der Waals surface area contributed by atoms with Gasteiger partial charge in [0.25, 0.3) is 0 Å². The molecule has 0 saturated heterocycles. The molecule has 9 nitrogen and oxygen atoms in total. The number of hydrogen-bond donors (Lipinski definition) is 6. The third-order valence-corrected chi connectivity index (χ3v) is 8.45. The summed E-state index contributed by atoms with van der Waals surface area (Å²) in [6, 6.07) is 1.80. The van der Waals surface area contributed by atoms with Gasteiger partial charge in [-0.2, -0.15) is 0 Å². The molecule has 0 aliphatic heterocycles. The molecule has 5 atom stereocenters. The third kappa shape index (κ3) is 6.18. The molecule has 3 amide bonds. The fraction of sp³-hybridized carbons (Fsp3) is 0.538. The number of aromatic nitrogens is 1. The number of amides is 3. The number of H-pyrrole nitrogens is 1. The summed E-state index contributed by atoms with van der Waals surface area (Å²) in [6.07, 6.45) is 0.804. The summed E-state index contributed by atoms with van der Waals surface area (Å²) in [5, 5.41) is 19.3. The Morgan fingerprint density at radius 1 is 1.13 bits per heavy atom. The number of hydrogen-bond acceptors (Lipinski definition) is 4. The van der Waals surface area contributed by atoms with Crippen LogP contribution in [0.25, 0.3) is 10.9 Å². The fourth-order valence-electron chi connectivity index (χ4n) is 4.99. The van der Waals surface area contributed by atoms with Gasteiger partial charge in [0, 0.05) is 22.5 Å².